The number of amides is 2. The molecule has 0 fully saturated rings. The molecular weight excluding hydrogens is 240 g/mol. The van der Waals surface area contributed by atoms with Crippen molar-refractivity contribution in [2.24, 2.45) is 5.73 Å². The molecule has 0 aliphatic rings. The van der Waals surface area contributed by atoms with E-state index in [1.54, 1.807) is 0 Å². The van der Waals surface area contributed by atoms with Crippen LogP contribution in [0, 0.1) is 0 Å². The van der Waals surface area contributed by atoms with Gasteiger partial charge in [-0.05, 0) is 6.42 Å². The molecule has 0 radical (unpaired) electrons. The fourth-order valence-electron chi connectivity index (χ4n) is 1.88. The number of carbonyl (C=O) groups excluding carboxylic acids is 2. The van der Waals surface area contributed by atoms with Gasteiger partial charge in [-0.25, -0.2) is 0 Å². The van der Waals surface area contributed by atoms with Crippen molar-refractivity contribution in [3.8, 4) is 0 Å². The molecule has 19 heavy (non-hydrogen) atoms. The summed E-state index contributed by atoms with van der Waals surface area (Å²) < 4.78 is 0. The highest BCUT2D eigenvalue weighted by Crippen LogP contribution is 2.08. The summed E-state index contributed by atoms with van der Waals surface area (Å²) in [6.07, 6.45) is 9.81. The summed E-state index contributed by atoms with van der Waals surface area (Å²) in [5.41, 5.74) is 5.24. The minimum absolute atomic E-state index is 0.0662. The van der Waals surface area contributed by atoms with Gasteiger partial charge in [-0.3, -0.25) is 9.59 Å². The third-order valence-corrected chi connectivity index (χ3v) is 3.02. The van der Waals surface area contributed by atoms with Crippen LogP contribution in [-0.4, -0.2) is 18.4 Å². The minimum Gasteiger partial charge on any atom is -0.369 e. The predicted molar refractivity (Wildman–Crippen MR) is 78.6 cm³/mol. The fourth-order valence-corrected chi connectivity index (χ4v) is 1.88. The maximum Gasteiger partial charge on any atom is 0.247 e. The van der Waals surface area contributed by atoms with Crippen LogP contribution in [-0.2, 0) is 9.59 Å². The zero-order valence-corrected chi connectivity index (χ0v) is 12.2. The monoisotopic (exact) mass is 268 g/mol. The SMILES string of the molecule is C=C(CC(N)=O)C(=O)NCCCCCCCCCC. The van der Waals surface area contributed by atoms with Gasteiger partial charge < -0.3 is 11.1 Å². The molecule has 0 unspecified atom stereocenters. The van der Waals surface area contributed by atoms with E-state index in [4.69, 9.17) is 5.73 Å². The molecule has 0 heterocycles. The van der Waals surface area contributed by atoms with Gasteiger partial charge in [0.2, 0.25) is 11.8 Å². The number of rotatable bonds is 12. The molecule has 4 nitrogen and oxygen atoms in total. The summed E-state index contributed by atoms with van der Waals surface area (Å²) in [5.74, 6) is -0.783. The Morgan fingerprint density at radius 1 is 1.00 bits per heavy atom. The zero-order valence-electron chi connectivity index (χ0n) is 12.2. The lowest BCUT2D eigenvalue weighted by atomic mass is 10.1. The van der Waals surface area contributed by atoms with E-state index < -0.39 is 5.91 Å². The number of unbranched alkanes of at least 4 members (excludes halogenated alkanes) is 7. The Bertz CT molecular complexity index is 288. The molecule has 0 saturated carbocycles. The molecule has 0 aliphatic heterocycles. The molecule has 0 saturated heterocycles. The van der Waals surface area contributed by atoms with Crippen molar-refractivity contribution in [2.75, 3.05) is 6.54 Å². The molecule has 4 heteroatoms. The van der Waals surface area contributed by atoms with E-state index in [0.717, 1.165) is 12.8 Å². The van der Waals surface area contributed by atoms with Crippen LogP contribution in [0.1, 0.15) is 64.7 Å². The number of nitrogens with one attached hydrogen (secondary N) is 1. The average molecular weight is 268 g/mol. The second kappa shape index (κ2) is 11.8. The second-order valence-electron chi connectivity index (χ2n) is 4.98. The highest BCUT2D eigenvalue weighted by Gasteiger charge is 2.08. The summed E-state index contributed by atoms with van der Waals surface area (Å²) in [6, 6.07) is 0. The predicted octanol–water partition coefficient (Wildman–Crippen LogP) is 2.67. The average Bonchev–Trinajstić information content (AvgIpc) is 2.35. The first-order valence-corrected chi connectivity index (χ1v) is 7.32. The number of nitrogens with two attached hydrogens (primary N) is 1. The molecule has 0 aromatic rings. The van der Waals surface area contributed by atoms with E-state index in [1.807, 2.05) is 0 Å². The van der Waals surface area contributed by atoms with E-state index in [-0.39, 0.29) is 17.9 Å². The Morgan fingerprint density at radius 3 is 2.05 bits per heavy atom. The Kier molecular flexibility index (Phi) is 10.9. The molecule has 0 aromatic heterocycles. The number of carbonyl (C=O) groups is 2. The van der Waals surface area contributed by atoms with Crippen LogP contribution in [0.3, 0.4) is 0 Å². The first kappa shape index (κ1) is 17.7. The lowest BCUT2D eigenvalue weighted by Gasteiger charge is -2.06. The molecule has 2 amide bonds. The highest BCUT2D eigenvalue weighted by molar-refractivity contribution is 5.97. The van der Waals surface area contributed by atoms with Crippen LogP contribution in [0.25, 0.3) is 0 Å². The molecular formula is C15H28N2O2. The van der Waals surface area contributed by atoms with Gasteiger partial charge >= 0.3 is 0 Å². The molecule has 0 spiro atoms. The molecule has 0 aromatic carbocycles. The summed E-state index contributed by atoms with van der Waals surface area (Å²) in [5, 5.41) is 2.75. The largest absolute Gasteiger partial charge is 0.369 e. The van der Waals surface area contributed by atoms with E-state index in [1.165, 1.54) is 38.5 Å². The van der Waals surface area contributed by atoms with E-state index in [2.05, 4.69) is 18.8 Å². The first-order valence-electron chi connectivity index (χ1n) is 7.32. The van der Waals surface area contributed by atoms with Crippen LogP contribution in [0.15, 0.2) is 12.2 Å². The van der Waals surface area contributed by atoms with Gasteiger partial charge in [0.15, 0.2) is 0 Å². The fraction of sp³-hybridized carbons (Fsp3) is 0.733. The van der Waals surface area contributed by atoms with Crippen LogP contribution in [0.2, 0.25) is 0 Å². The third kappa shape index (κ3) is 11.5. The molecule has 0 atom stereocenters. The Morgan fingerprint density at radius 2 is 1.53 bits per heavy atom. The third-order valence-electron chi connectivity index (χ3n) is 3.02. The van der Waals surface area contributed by atoms with E-state index in [0.29, 0.717) is 6.54 Å². The van der Waals surface area contributed by atoms with Gasteiger partial charge in [-0.1, -0.05) is 58.4 Å². The lowest BCUT2D eigenvalue weighted by molar-refractivity contribution is -0.121. The molecule has 0 rings (SSSR count). The van der Waals surface area contributed by atoms with Gasteiger partial charge in [0.25, 0.3) is 0 Å². The summed E-state index contributed by atoms with van der Waals surface area (Å²) in [6.45, 7) is 6.40. The number of primary amides is 1. The van der Waals surface area contributed by atoms with Crippen LogP contribution < -0.4 is 11.1 Å². The minimum atomic E-state index is -0.521. The molecule has 110 valence electrons. The Balaban J connectivity index is 3.36. The highest BCUT2D eigenvalue weighted by atomic mass is 16.2. The van der Waals surface area contributed by atoms with Crippen molar-refractivity contribution in [1.82, 2.24) is 5.32 Å². The molecule has 3 N–H and O–H groups in total. The van der Waals surface area contributed by atoms with Gasteiger partial charge in [0, 0.05) is 12.1 Å². The smallest absolute Gasteiger partial charge is 0.247 e. The molecule has 0 aliphatic carbocycles. The van der Waals surface area contributed by atoms with Gasteiger partial charge in [-0.15, -0.1) is 0 Å². The van der Waals surface area contributed by atoms with Gasteiger partial charge in [0.05, 0.1) is 6.42 Å². The maximum atomic E-state index is 11.5. The topological polar surface area (TPSA) is 72.2 Å². The van der Waals surface area contributed by atoms with Crippen LogP contribution in [0.4, 0.5) is 0 Å². The summed E-state index contributed by atoms with van der Waals surface area (Å²) in [4.78, 5) is 22.1. The summed E-state index contributed by atoms with van der Waals surface area (Å²) >= 11 is 0. The maximum absolute atomic E-state index is 11.5. The van der Waals surface area contributed by atoms with E-state index >= 15 is 0 Å². The second-order valence-corrected chi connectivity index (χ2v) is 4.98. The van der Waals surface area contributed by atoms with Crippen LogP contribution >= 0.6 is 0 Å². The van der Waals surface area contributed by atoms with Crippen molar-refractivity contribution in [3.63, 3.8) is 0 Å². The lowest BCUT2D eigenvalue weighted by Crippen LogP contribution is -2.27. The van der Waals surface area contributed by atoms with Gasteiger partial charge in [-0.2, -0.15) is 0 Å². The number of hydrogen-bond acceptors (Lipinski definition) is 2. The van der Waals surface area contributed by atoms with Gasteiger partial charge in [0.1, 0.15) is 0 Å². The van der Waals surface area contributed by atoms with Crippen molar-refractivity contribution in [1.29, 1.82) is 0 Å². The van der Waals surface area contributed by atoms with E-state index in [9.17, 15) is 9.59 Å². The molecule has 0 bridgehead atoms. The standard InChI is InChI=1S/C15H28N2O2/c1-3-4-5-6-7-8-9-10-11-17-15(19)13(2)12-14(16)18/h2-12H2,1H3,(H2,16,18)(H,17,19). The summed E-state index contributed by atoms with van der Waals surface area (Å²) in [7, 11) is 0. The van der Waals surface area contributed by atoms with Crippen molar-refractivity contribution in [3.05, 3.63) is 12.2 Å². The Hall–Kier alpha value is -1.32. The normalized spacial score (nSPS) is 10.2. The number of hydrogen-bond donors (Lipinski definition) is 2. The van der Waals surface area contributed by atoms with Crippen LogP contribution in [0.5, 0.6) is 0 Å². The van der Waals surface area contributed by atoms with Crippen molar-refractivity contribution in [2.45, 2.75) is 64.7 Å². The van der Waals surface area contributed by atoms with Crippen molar-refractivity contribution < 1.29 is 9.59 Å². The first-order chi connectivity index (χ1) is 9.07. The van der Waals surface area contributed by atoms with Crippen molar-refractivity contribution >= 4 is 11.8 Å². The Labute approximate surface area is 116 Å². The quantitative estimate of drug-likeness (QED) is 0.422. The zero-order chi connectivity index (χ0) is 14.5.